The van der Waals surface area contributed by atoms with Gasteiger partial charge in [0.15, 0.2) is 0 Å². The van der Waals surface area contributed by atoms with Gasteiger partial charge in [-0.25, -0.2) is 17.9 Å². The number of carbonyl (C=O) groups excluding carboxylic acids is 1. The largest absolute Gasteiger partial charge is 0.480 e. The van der Waals surface area contributed by atoms with Gasteiger partial charge in [0.2, 0.25) is 10.0 Å². The van der Waals surface area contributed by atoms with Gasteiger partial charge in [-0.1, -0.05) is 26.8 Å². The monoisotopic (exact) mass is 382 g/mol. The molecule has 0 aliphatic rings. The van der Waals surface area contributed by atoms with Crippen LogP contribution >= 0.6 is 0 Å². The lowest BCUT2D eigenvalue weighted by atomic mass is 9.88. The molecule has 0 spiro atoms. The highest BCUT2D eigenvalue weighted by molar-refractivity contribution is 7.89. The van der Waals surface area contributed by atoms with Gasteiger partial charge in [0, 0.05) is 12.1 Å². The van der Waals surface area contributed by atoms with Crippen LogP contribution in [0.25, 0.3) is 0 Å². The van der Waals surface area contributed by atoms with Crippen LogP contribution in [0.4, 0.5) is 0 Å². The summed E-state index contributed by atoms with van der Waals surface area (Å²) < 4.78 is 26.3. The molecule has 0 bridgehead atoms. The van der Waals surface area contributed by atoms with E-state index in [1.165, 1.54) is 30.3 Å². The number of hydrogen-bond donors (Lipinski definition) is 3. The van der Waals surface area contributed by atoms with E-state index in [0.717, 1.165) is 0 Å². The molecule has 0 fully saturated rings. The van der Waals surface area contributed by atoms with Gasteiger partial charge in [-0.05, 0) is 42.5 Å². The van der Waals surface area contributed by atoms with E-state index < -0.39 is 27.9 Å². The summed E-state index contributed by atoms with van der Waals surface area (Å²) in [5.41, 5.74) is 0.141. The number of carbonyl (C=O) groups is 2. The lowest BCUT2D eigenvalue weighted by Gasteiger charge is -2.21. The summed E-state index contributed by atoms with van der Waals surface area (Å²) in [7, 11) is -3.67. The molecule has 0 aromatic heterocycles. The Morgan fingerprint density at radius 1 is 1.23 bits per heavy atom. The van der Waals surface area contributed by atoms with Crippen LogP contribution in [-0.4, -0.2) is 38.0 Å². The number of aliphatic carboxylic acids is 1. The number of amides is 1. The Morgan fingerprint density at radius 2 is 1.81 bits per heavy atom. The third-order valence-electron chi connectivity index (χ3n) is 3.63. The maximum atomic E-state index is 12.3. The van der Waals surface area contributed by atoms with E-state index in [1.807, 2.05) is 20.8 Å². The van der Waals surface area contributed by atoms with Crippen molar-refractivity contribution in [1.29, 1.82) is 0 Å². The van der Waals surface area contributed by atoms with Crippen molar-refractivity contribution in [3.05, 3.63) is 42.5 Å². The minimum absolute atomic E-state index is 0.0124. The second-order valence-corrected chi connectivity index (χ2v) is 8.90. The molecule has 1 aromatic rings. The summed E-state index contributed by atoms with van der Waals surface area (Å²) >= 11 is 0. The summed E-state index contributed by atoms with van der Waals surface area (Å²) in [5.74, 6) is -1.66. The van der Waals surface area contributed by atoms with Crippen molar-refractivity contribution in [2.24, 2.45) is 5.41 Å². The Labute approximate surface area is 154 Å². The third-order valence-corrected chi connectivity index (χ3v) is 5.07. The average molecular weight is 382 g/mol. The van der Waals surface area contributed by atoms with Crippen LogP contribution in [0.1, 0.15) is 44.0 Å². The van der Waals surface area contributed by atoms with E-state index in [-0.39, 0.29) is 22.4 Å². The fourth-order valence-corrected chi connectivity index (χ4v) is 3.11. The van der Waals surface area contributed by atoms with Gasteiger partial charge in [-0.2, -0.15) is 0 Å². The van der Waals surface area contributed by atoms with Crippen LogP contribution < -0.4 is 10.0 Å². The Bertz CT molecular complexity index is 749. The molecule has 0 saturated carbocycles. The van der Waals surface area contributed by atoms with Crippen molar-refractivity contribution in [2.45, 2.75) is 44.6 Å². The Morgan fingerprint density at radius 3 is 2.27 bits per heavy atom. The Kier molecular flexibility index (Phi) is 7.53. The fraction of sp³-hybridized carbons (Fsp3) is 0.444. The van der Waals surface area contributed by atoms with Gasteiger partial charge in [0.25, 0.3) is 5.91 Å². The van der Waals surface area contributed by atoms with Gasteiger partial charge < -0.3 is 10.4 Å². The van der Waals surface area contributed by atoms with Gasteiger partial charge in [-0.3, -0.25) is 4.79 Å². The number of benzene rings is 1. The van der Waals surface area contributed by atoms with Crippen molar-refractivity contribution in [2.75, 3.05) is 6.54 Å². The first-order valence-corrected chi connectivity index (χ1v) is 9.69. The van der Waals surface area contributed by atoms with Crippen molar-refractivity contribution in [3.8, 4) is 0 Å². The molecule has 0 heterocycles. The topological polar surface area (TPSA) is 113 Å². The molecule has 144 valence electrons. The molecule has 1 atom stereocenters. The van der Waals surface area contributed by atoms with Gasteiger partial charge >= 0.3 is 5.97 Å². The number of carboxylic acid groups (broad SMARTS) is 1. The maximum absolute atomic E-state index is 12.3. The highest BCUT2D eigenvalue weighted by Gasteiger charge is 2.23. The highest BCUT2D eigenvalue weighted by atomic mass is 32.2. The molecule has 8 heteroatoms. The molecule has 26 heavy (non-hydrogen) atoms. The van der Waals surface area contributed by atoms with Crippen LogP contribution in [0.5, 0.6) is 0 Å². The predicted octanol–water partition coefficient (Wildman–Crippen LogP) is 2.16. The zero-order valence-corrected chi connectivity index (χ0v) is 16.1. The van der Waals surface area contributed by atoms with Gasteiger partial charge in [0.05, 0.1) is 4.90 Å². The minimum atomic E-state index is -3.67. The fourth-order valence-electron chi connectivity index (χ4n) is 2.11. The van der Waals surface area contributed by atoms with E-state index in [1.54, 1.807) is 0 Å². The Balaban J connectivity index is 2.83. The molecule has 1 aromatic carbocycles. The molecule has 1 rings (SSSR count). The minimum Gasteiger partial charge on any atom is -0.480 e. The zero-order chi connectivity index (χ0) is 20.0. The number of hydrogen-bond acceptors (Lipinski definition) is 4. The number of nitrogens with one attached hydrogen (secondary N) is 2. The van der Waals surface area contributed by atoms with E-state index in [0.29, 0.717) is 12.8 Å². The summed E-state index contributed by atoms with van der Waals surface area (Å²) in [5, 5.41) is 11.8. The standard InChI is InChI=1S/C18H26N2O5S/c1-5-12-19-26(24,25)14-8-6-13(7-9-14)16(21)20-15(17(22)23)10-11-18(2,3)4/h5-9,15,19H,1,10-12H2,2-4H3,(H,20,21)(H,22,23). The molecular formula is C18H26N2O5S. The van der Waals surface area contributed by atoms with Gasteiger partial charge in [0.1, 0.15) is 6.04 Å². The quantitative estimate of drug-likeness (QED) is 0.567. The average Bonchev–Trinajstić information content (AvgIpc) is 2.55. The van der Waals surface area contributed by atoms with Crippen LogP contribution in [0.15, 0.2) is 41.8 Å². The predicted molar refractivity (Wildman–Crippen MR) is 99.4 cm³/mol. The third kappa shape index (κ3) is 6.97. The van der Waals surface area contributed by atoms with Gasteiger partial charge in [-0.15, -0.1) is 6.58 Å². The molecule has 0 aliphatic carbocycles. The lowest BCUT2D eigenvalue weighted by molar-refractivity contribution is -0.139. The number of sulfonamides is 1. The van der Waals surface area contributed by atoms with Crippen molar-refractivity contribution >= 4 is 21.9 Å². The maximum Gasteiger partial charge on any atom is 0.326 e. The van der Waals surface area contributed by atoms with E-state index >= 15 is 0 Å². The summed E-state index contributed by atoms with van der Waals surface area (Å²) in [6.07, 6.45) is 2.36. The normalized spacial score (nSPS) is 13.0. The van der Waals surface area contributed by atoms with E-state index in [9.17, 15) is 23.1 Å². The molecule has 0 radical (unpaired) electrons. The lowest BCUT2D eigenvalue weighted by Crippen LogP contribution is -2.41. The molecule has 0 aliphatic heterocycles. The van der Waals surface area contributed by atoms with Crippen molar-refractivity contribution in [3.63, 3.8) is 0 Å². The smallest absolute Gasteiger partial charge is 0.326 e. The second-order valence-electron chi connectivity index (χ2n) is 7.13. The molecule has 3 N–H and O–H groups in total. The SMILES string of the molecule is C=CCNS(=O)(=O)c1ccc(C(=O)NC(CCC(C)(C)C)C(=O)O)cc1. The first-order chi connectivity index (χ1) is 12.0. The summed E-state index contributed by atoms with van der Waals surface area (Å²) in [6.45, 7) is 9.51. The van der Waals surface area contributed by atoms with Crippen molar-refractivity contribution < 1.29 is 23.1 Å². The Hall–Kier alpha value is -2.19. The second kappa shape index (κ2) is 8.95. The van der Waals surface area contributed by atoms with Crippen LogP contribution in [0.2, 0.25) is 0 Å². The van der Waals surface area contributed by atoms with Crippen LogP contribution in [0, 0.1) is 5.41 Å². The molecule has 7 nitrogen and oxygen atoms in total. The first-order valence-electron chi connectivity index (χ1n) is 8.20. The highest BCUT2D eigenvalue weighted by Crippen LogP contribution is 2.22. The summed E-state index contributed by atoms with van der Waals surface area (Å²) in [6, 6.07) is 4.29. The number of carboxylic acids is 1. The first kappa shape index (κ1) is 21.9. The van der Waals surface area contributed by atoms with Crippen LogP contribution in [0.3, 0.4) is 0 Å². The zero-order valence-electron chi connectivity index (χ0n) is 15.3. The molecular weight excluding hydrogens is 356 g/mol. The van der Waals surface area contributed by atoms with E-state index in [4.69, 9.17) is 0 Å². The number of rotatable bonds is 9. The molecule has 0 saturated heterocycles. The molecule has 1 amide bonds. The van der Waals surface area contributed by atoms with Crippen LogP contribution in [-0.2, 0) is 14.8 Å². The molecule has 1 unspecified atom stereocenters. The van der Waals surface area contributed by atoms with E-state index in [2.05, 4.69) is 16.6 Å². The summed E-state index contributed by atoms with van der Waals surface area (Å²) in [4.78, 5) is 23.6. The van der Waals surface area contributed by atoms with Crippen molar-refractivity contribution in [1.82, 2.24) is 10.0 Å².